The molecule has 1 aliphatic carbocycles. The number of rotatable bonds is 5. The lowest BCUT2D eigenvalue weighted by atomic mass is 9.89. The van der Waals surface area contributed by atoms with Gasteiger partial charge >= 0.3 is 0 Å². The van der Waals surface area contributed by atoms with Gasteiger partial charge in [-0.05, 0) is 69.0 Å². The van der Waals surface area contributed by atoms with Gasteiger partial charge in [0, 0.05) is 36.3 Å². The second-order valence-corrected chi connectivity index (χ2v) is 8.99. The van der Waals surface area contributed by atoms with Crippen LogP contribution in [0.4, 0.5) is 0 Å². The van der Waals surface area contributed by atoms with Gasteiger partial charge in [0.2, 0.25) is 0 Å². The SMILES string of the molecule is COc1ccc(C(=O)N2CCC(c3nc(C)ccc3C(=O)NC3CCCCC3)CC2)cc1. The first-order valence-corrected chi connectivity index (χ1v) is 11.8. The van der Waals surface area contributed by atoms with Gasteiger partial charge in [0.05, 0.1) is 18.4 Å². The molecule has 4 rings (SSSR count). The van der Waals surface area contributed by atoms with Gasteiger partial charge in [-0.3, -0.25) is 14.6 Å². The van der Waals surface area contributed by atoms with E-state index < -0.39 is 0 Å². The van der Waals surface area contributed by atoms with E-state index in [2.05, 4.69) is 5.32 Å². The second kappa shape index (κ2) is 10.2. The normalized spacial score (nSPS) is 17.8. The van der Waals surface area contributed by atoms with Gasteiger partial charge < -0.3 is 15.0 Å². The van der Waals surface area contributed by atoms with Crippen LogP contribution >= 0.6 is 0 Å². The van der Waals surface area contributed by atoms with Gasteiger partial charge in [-0.1, -0.05) is 19.3 Å². The van der Waals surface area contributed by atoms with Crippen molar-refractivity contribution in [3.8, 4) is 5.75 Å². The molecule has 170 valence electrons. The highest BCUT2D eigenvalue weighted by Crippen LogP contribution is 2.30. The minimum Gasteiger partial charge on any atom is -0.497 e. The lowest BCUT2D eigenvalue weighted by Crippen LogP contribution is -2.39. The first kappa shape index (κ1) is 22.3. The Kier molecular flexibility index (Phi) is 7.08. The highest BCUT2D eigenvalue weighted by Gasteiger charge is 2.29. The third-order valence-corrected chi connectivity index (χ3v) is 6.75. The monoisotopic (exact) mass is 435 g/mol. The summed E-state index contributed by atoms with van der Waals surface area (Å²) in [5.74, 6) is 0.960. The first-order chi connectivity index (χ1) is 15.5. The average molecular weight is 436 g/mol. The summed E-state index contributed by atoms with van der Waals surface area (Å²) in [6.45, 7) is 3.29. The van der Waals surface area contributed by atoms with Crippen LogP contribution in [-0.4, -0.2) is 47.9 Å². The van der Waals surface area contributed by atoms with Crippen molar-refractivity contribution in [3.63, 3.8) is 0 Å². The van der Waals surface area contributed by atoms with Crippen molar-refractivity contribution in [1.29, 1.82) is 0 Å². The van der Waals surface area contributed by atoms with Crippen molar-refractivity contribution in [2.24, 2.45) is 0 Å². The van der Waals surface area contributed by atoms with Crippen molar-refractivity contribution in [2.45, 2.75) is 63.8 Å². The topological polar surface area (TPSA) is 71.5 Å². The number of pyridine rings is 1. The molecule has 6 nitrogen and oxygen atoms in total. The molecule has 0 bridgehead atoms. The summed E-state index contributed by atoms with van der Waals surface area (Å²) < 4.78 is 5.18. The fourth-order valence-electron chi connectivity index (χ4n) is 4.86. The largest absolute Gasteiger partial charge is 0.497 e. The molecule has 0 spiro atoms. The second-order valence-electron chi connectivity index (χ2n) is 8.99. The average Bonchev–Trinajstić information content (AvgIpc) is 2.84. The van der Waals surface area contributed by atoms with Gasteiger partial charge in [0.1, 0.15) is 5.75 Å². The Balaban J connectivity index is 1.42. The van der Waals surface area contributed by atoms with E-state index in [9.17, 15) is 9.59 Å². The number of aromatic nitrogens is 1. The van der Waals surface area contributed by atoms with Crippen molar-refractivity contribution in [1.82, 2.24) is 15.2 Å². The van der Waals surface area contributed by atoms with Crippen LogP contribution in [0.2, 0.25) is 0 Å². The van der Waals surface area contributed by atoms with Gasteiger partial charge in [-0.2, -0.15) is 0 Å². The summed E-state index contributed by atoms with van der Waals surface area (Å²) in [4.78, 5) is 32.6. The summed E-state index contributed by atoms with van der Waals surface area (Å²) in [5, 5.41) is 3.24. The number of amides is 2. The molecule has 2 heterocycles. The highest BCUT2D eigenvalue weighted by atomic mass is 16.5. The first-order valence-electron chi connectivity index (χ1n) is 11.8. The maximum atomic E-state index is 13.1. The highest BCUT2D eigenvalue weighted by molar-refractivity contribution is 5.96. The molecule has 1 aromatic carbocycles. The lowest BCUT2D eigenvalue weighted by molar-refractivity contribution is 0.0710. The van der Waals surface area contributed by atoms with Crippen molar-refractivity contribution in [2.75, 3.05) is 20.2 Å². The van der Waals surface area contributed by atoms with Gasteiger partial charge in [0.25, 0.3) is 11.8 Å². The summed E-state index contributed by atoms with van der Waals surface area (Å²) in [6, 6.07) is 11.4. The Bertz CT molecular complexity index is 943. The van der Waals surface area contributed by atoms with E-state index in [1.807, 2.05) is 48.2 Å². The third kappa shape index (κ3) is 5.12. The van der Waals surface area contributed by atoms with E-state index in [0.717, 1.165) is 42.8 Å². The number of likely N-dealkylation sites (tertiary alicyclic amines) is 1. The molecular weight excluding hydrogens is 402 g/mol. The Hall–Kier alpha value is -2.89. The van der Waals surface area contributed by atoms with Crippen LogP contribution in [0, 0.1) is 6.92 Å². The number of hydrogen-bond donors (Lipinski definition) is 1. The Morgan fingerprint density at radius 2 is 1.66 bits per heavy atom. The quantitative estimate of drug-likeness (QED) is 0.752. The van der Waals surface area contributed by atoms with Crippen LogP contribution in [0.1, 0.15) is 83.0 Å². The number of aryl methyl sites for hydroxylation is 1. The molecule has 2 fully saturated rings. The summed E-state index contributed by atoms with van der Waals surface area (Å²) >= 11 is 0. The molecule has 1 aromatic heterocycles. The molecule has 2 aliphatic rings. The standard InChI is InChI=1S/C26H33N3O3/c1-18-8-13-23(25(30)28-21-6-4-3-5-7-21)24(27-18)19-14-16-29(17-15-19)26(31)20-9-11-22(32-2)12-10-20/h8-13,19,21H,3-7,14-17H2,1-2H3,(H,28,30). The molecule has 2 aromatic rings. The molecule has 0 atom stereocenters. The third-order valence-electron chi connectivity index (χ3n) is 6.75. The summed E-state index contributed by atoms with van der Waals surface area (Å²) in [7, 11) is 1.62. The van der Waals surface area contributed by atoms with E-state index >= 15 is 0 Å². The maximum absolute atomic E-state index is 13.1. The molecule has 6 heteroatoms. The van der Waals surface area contributed by atoms with E-state index in [4.69, 9.17) is 9.72 Å². The number of nitrogens with one attached hydrogen (secondary N) is 1. The minimum atomic E-state index is -0.00358. The molecule has 0 radical (unpaired) electrons. The zero-order valence-electron chi connectivity index (χ0n) is 19.1. The number of nitrogens with zero attached hydrogens (tertiary/aromatic N) is 2. The predicted octanol–water partition coefficient (Wildman–Crippen LogP) is 4.48. The number of benzene rings is 1. The smallest absolute Gasteiger partial charge is 0.253 e. The van der Waals surface area contributed by atoms with Crippen molar-refractivity contribution in [3.05, 3.63) is 58.9 Å². The van der Waals surface area contributed by atoms with Crippen LogP contribution in [0.3, 0.4) is 0 Å². The number of hydrogen-bond acceptors (Lipinski definition) is 4. The Morgan fingerprint density at radius 3 is 2.31 bits per heavy atom. The number of methoxy groups -OCH3 is 1. The van der Waals surface area contributed by atoms with Crippen LogP contribution in [0.15, 0.2) is 36.4 Å². The molecule has 0 unspecified atom stereocenters. The zero-order valence-corrected chi connectivity index (χ0v) is 19.1. The van der Waals surface area contributed by atoms with Gasteiger partial charge in [0.15, 0.2) is 0 Å². The zero-order chi connectivity index (χ0) is 22.5. The molecule has 2 amide bonds. The van der Waals surface area contributed by atoms with Crippen LogP contribution in [0.25, 0.3) is 0 Å². The van der Waals surface area contributed by atoms with E-state index in [1.54, 1.807) is 7.11 Å². The van der Waals surface area contributed by atoms with Crippen LogP contribution in [0.5, 0.6) is 5.75 Å². The molecule has 1 N–H and O–H groups in total. The maximum Gasteiger partial charge on any atom is 0.253 e. The van der Waals surface area contributed by atoms with E-state index in [1.165, 1.54) is 19.3 Å². The Labute approximate surface area is 190 Å². The number of carbonyl (C=O) groups is 2. The molecule has 1 saturated heterocycles. The Morgan fingerprint density at radius 1 is 0.969 bits per heavy atom. The molecule has 1 saturated carbocycles. The van der Waals surface area contributed by atoms with Crippen LogP contribution < -0.4 is 10.1 Å². The molecule has 32 heavy (non-hydrogen) atoms. The van der Waals surface area contributed by atoms with Gasteiger partial charge in [-0.15, -0.1) is 0 Å². The fraction of sp³-hybridized carbons (Fsp3) is 0.500. The molecular formula is C26H33N3O3. The minimum absolute atomic E-state index is 0.00358. The van der Waals surface area contributed by atoms with E-state index in [0.29, 0.717) is 24.2 Å². The van der Waals surface area contributed by atoms with Crippen molar-refractivity contribution >= 4 is 11.8 Å². The number of carbonyl (C=O) groups excluding carboxylic acids is 2. The van der Waals surface area contributed by atoms with Crippen molar-refractivity contribution < 1.29 is 14.3 Å². The predicted molar refractivity (Wildman–Crippen MR) is 124 cm³/mol. The summed E-state index contributed by atoms with van der Waals surface area (Å²) in [5.41, 5.74) is 3.17. The van der Waals surface area contributed by atoms with E-state index in [-0.39, 0.29) is 23.8 Å². The lowest BCUT2D eigenvalue weighted by Gasteiger charge is -2.33. The van der Waals surface area contributed by atoms with Gasteiger partial charge in [-0.25, -0.2) is 0 Å². The number of ether oxygens (including phenoxy) is 1. The number of piperidine rings is 1. The fourth-order valence-corrected chi connectivity index (χ4v) is 4.86. The van der Waals surface area contributed by atoms with Crippen LogP contribution in [-0.2, 0) is 0 Å². The molecule has 1 aliphatic heterocycles. The summed E-state index contributed by atoms with van der Waals surface area (Å²) in [6.07, 6.45) is 7.37.